The largest absolute Gasteiger partial charge is 0.366 e. The minimum Gasteiger partial charge on any atom is -0.366 e. The Kier molecular flexibility index (Phi) is 9.77. The number of H-pyrrole nitrogens is 1. The number of fused-ring (bicyclic) bond motifs is 1. The molecule has 4 amide bonds. The minimum atomic E-state index is -0.566. The van der Waals surface area contributed by atoms with Gasteiger partial charge in [-0.15, -0.1) is 0 Å². The molecule has 0 spiro atoms. The van der Waals surface area contributed by atoms with E-state index in [9.17, 15) is 14.4 Å². The predicted molar refractivity (Wildman–Crippen MR) is 176 cm³/mol. The number of amides is 4. The lowest BCUT2D eigenvalue weighted by Gasteiger charge is -2.34. The first kappa shape index (κ1) is 32.0. The van der Waals surface area contributed by atoms with Gasteiger partial charge in [-0.2, -0.15) is 5.10 Å². The van der Waals surface area contributed by atoms with E-state index in [4.69, 9.17) is 0 Å². The summed E-state index contributed by atoms with van der Waals surface area (Å²) in [5, 5.41) is 20.7. The molecule has 1 aromatic heterocycles. The van der Waals surface area contributed by atoms with Crippen molar-refractivity contribution in [3.63, 3.8) is 0 Å². The van der Waals surface area contributed by atoms with Crippen molar-refractivity contribution in [3.05, 3.63) is 77.0 Å². The first-order valence-corrected chi connectivity index (χ1v) is 15.9. The standard InChI is InChI=1S/C34H46N8O3/c1-6-29(43)35-24-17-15-23(16-18-24)32(44)37-26-14-10-13-25(19-26)36-31-27-20-42(34(2,3)30(27)39-40-31)33(45)38-28(21-41(4)5)22-11-8-7-9-12-22/h7-9,11-12,15-18,25-26,28H,6,10,13-14,19-21H2,1-5H3,(H,35,43)(H,37,44)(H,38,45)(H2,36,39,40)/t25-,26-,28-/m1/s1. The van der Waals surface area contributed by atoms with Crippen LogP contribution < -0.4 is 21.3 Å². The lowest BCUT2D eigenvalue weighted by molar-refractivity contribution is -0.115. The van der Waals surface area contributed by atoms with Crippen molar-refractivity contribution < 1.29 is 14.4 Å². The molecule has 5 rings (SSSR count). The third-order valence-electron chi connectivity index (χ3n) is 8.86. The summed E-state index contributed by atoms with van der Waals surface area (Å²) in [6.07, 6.45) is 4.02. The molecule has 2 aromatic carbocycles. The molecule has 3 aromatic rings. The lowest BCUT2D eigenvalue weighted by atomic mass is 9.90. The third kappa shape index (κ3) is 7.47. The zero-order chi connectivity index (χ0) is 32.1. The number of hydrogen-bond donors (Lipinski definition) is 5. The maximum Gasteiger partial charge on any atom is 0.319 e. The summed E-state index contributed by atoms with van der Waals surface area (Å²) in [4.78, 5) is 42.3. The Balaban J connectivity index is 1.20. The maximum absolute atomic E-state index is 13.7. The highest BCUT2D eigenvalue weighted by atomic mass is 16.2. The number of aromatic amines is 1. The Morgan fingerprint density at radius 1 is 1.04 bits per heavy atom. The number of urea groups is 1. The highest BCUT2D eigenvalue weighted by Gasteiger charge is 2.44. The number of carbonyl (C=O) groups excluding carboxylic acids is 3. The Hall–Kier alpha value is -4.38. The van der Waals surface area contributed by atoms with Gasteiger partial charge in [-0.25, -0.2) is 4.79 Å². The average Bonchev–Trinajstić information content (AvgIpc) is 3.54. The van der Waals surface area contributed by atoms with Gasteiger partial charge in [-0.1, -0.05) is 37.3 Å². The molecule has 0 radical (unpaired) electrons. The van der Waals surface area contributed by atoms with Crippen LogP contribution in [0.15, 0.2) is 54.6 Å². The maximum atomic E-state index is 13.7. The number of rotatable bonds is 10. The van der Waals surface area contributed by atoms with E-state index in [1.807, 2.05) is 63.2 Å². The van der Waals surface area contributed by atoms with Crippen LogP contribution in [0, 0.1) is 0 Å². The van der Waals surface area contributed by atoms with E-state index in [2.05, 4.69) is 36.4 Å². The van der Waals surface area contributed by atoms with Crippen LogP contribution in [-0.4, -0.2) is 70.6 Å². The first-order chi connectivity index (χ1) is 21.5. The highest BCUT2D eigenvalue weighted by molar-refractivity contribution is 5.96. The Bertz CT molecular complexity index is 1480. The molecule has 3 atom stereocenters. The number of benzene rings is 2. The Labute approximate surface area is 265 Å². The van der Waals surface area contributed by atoms with Crippen LogP contribution in [0.4, 0.5) is 16.3 Å². The number of carbonyl (C=O) groups is 3. The van der Waals surface area contributed by atoms with Gasteiger partial charge in [-0.3, -0.25) is 14.7 Å². The summed E-state index contributed by atoms with van der Waals surface area (Å²) >= 11 is 0. The van der Waals surface area contributed by atoms with E-state index < -0.39 is 5.54 Å². The van der Waals surface area contributed by atoms with Crippen molar-refractivity contribution >= 4 is 29.4 Å². The number of aromatic nitrogens is 2. The first-order valence-electron chi connectivity index (χ1n) is 15.9. The van der Waals surface area contributed by atoms with Crippen LogP contribution in [0.3, 0.4) is 0 Å². The van der Waals surface area contributed by atoms with Gasteiger partial charge in [0.2, 0.25) is 5.91 Å². The highest BCUT2D eigenvalue weighted by Crippen LogP contribution is 2.41. The van der Waals surface area contributed by atoms with Crippen LogP contribution in [-0.2, 0) is 16.9 Å². The summed E-state index contributed by atoms with van der Waals surface area (Å²) < 4.78 is 0. The topological polar surface area (TPSA) is 134 Å². The summed E-state index contributed by atoms with van der Waals surface area (Å²) in [7, 11) is 4.01. The molecule has 1 aliphatic heterocycles. The van der Waals surface area contributed by atoms with Crippen LogP contribution in [0.1, 0.15) is 86.1 Å². The molecule has 45 heavy (non-hydrogen) atoms. The molecule has 1 saturated carbocycles. The second-order valence-electron chi connectivity index (χ2n) is 12.9. The van der Waals surface area contributed by atoms with Gasteiger partial charge in [0.25, 0.3) is 5.91 Å². The van der Waals surface area contributed by atoms with E-state index in [1.165, 1.54) is 0 Å². The molecule has 5 N–H and O–H groups in total. The molecule has 1 aliphatic carbocycles. The van der Waals surface area contributed by atoms with Crippen molar-refractivity contribution in [2.24, 2.45) is 0 Å². The average molecular weight is 615 g/mol. The number of likely N-dealkylation sites (N-methyl/N-ethyl adjacent to an activating group) is 1. The fraction of sp³-hybridized carbons (Fsp3) is 0.471. The number of anilines is 2. The molecule has 1 fully saturated rings. The molecule has 240 valence electrons. The summed E-state index contributed by atoms with van der Waals surface area (Å²) in [5.41, 5.74) is 3.67. The fourth-order valence-corrected chi connectivity index (χ4v) is 6.34. The molecular formula is C34H46N8O3. The molecule has 11 heteroatoms. The van der Waals surface area contributed by atoms with Crippen molar-refractivity contribution in [2.45, 2.75) is 83.1 Å². The quantitative estimate of drug-likeness (QED) is 0.219. The van der Waals surface area contributed by atoms with Crippen molar-refractivity contribution in [1.29, 1.82) is 0 Å². The van der Waals surface area contributed by atoms with Crippen molar-refractivity contribution in [2.75, 3.05) is 31.3 Å². The zero-order valence-electron chi connectivity index (χ0n) is 26.9. The van der Waals surface area contributed by atoms with Crippen molar-refractivity contribution in [1.82, 2.24) is 30.6 Å². The van der Waals surface area contributed by atoms with Gasteiger partial charge < -0.3 is 31.1 Å². The van der Waals surface area contributed by atoms with Gasteiger partial charge in [0.05, 0.1) is 23.8 Å². The SMILES string of the molecule is CCC(=O)Nc1ccc(C(=O)N[C@@H]2CCC[C@@H](Nc3n[nH]c4c3CN(C(=O)N[C@H](CN(C)C)c3ccccc3)C4(C)C)C2)cc1. The summed E-state index contributed by atoms with van der Waals surface area (Å²) in [6, 6.07) is 16.9. The lowest BCUT2D eigenvalue weighted by Crippen LogP contribution is -2.48. The third-order valence-corrected chi connectivity index (χ3v) is 8.86. The molecule has 11 nitrogen and oxygen atoms in total. The fourth-order valence-electron chi connectivity index (χ4n) is 6.34. The van der Waals surface area contributed by atoms with Gasteiger partial charge in [0, 0.05) is 41.9 Å². The van der Waals surface area contributed by atoms with Crippen LogP contribution in [0.5, 0.6) is 0 Å². The van der Waals surface area contributed by atoms with E-state index in [-0.39, 0.29) is 36.0 Å². The van der Waals surface area contributed by atoms with Crippen LogP contribution in [0.2, 0.25) is 0 Å². The minimum absolute atomic E-state index is 0.0283. The van der Waals surface area contributed by atoms with Gasteiger partial charge >= 0.3 is 6.03 Å². The normalized spacial score (nSPS) is 19.5. The molecular weight excluding hydrogens is 568 g/mol. The Morgan fingerprint density at radius 3 is 2.44 bits per heavy atom. The molecule has 2 heterocycles. The second kappa shape index (κ2) is 13.7. The van der Waals surface area contributed by atoms with Gasteiger partial charge in [-0.05, 0) is 83.5 Å². The van der Waals surface area contributed by atoms with E-state index >= 15 is 0 Å². The van der Waals surface area contributed by atoms with Crippen LogP contribution in [0.25, 0.3) is 0 Å². The predicted octanol–water partition coefficient (Wildman–Crippen LogP) is 4.97. The van der Waals surface area contributed by atoms with E-state index in [1.54, 1.807) is 31.2 Å². The Morgan fingerprint density at radius 2 is 1.76 bits per heavy atom. The second-order valence-corrected chi connectivity index (χ2v) is 12.9. The number of nitrogens with one attached hydrogen (secondary N) is 5. The summed E-state index contributed by atoms with van der Waals surface area (Å²) in [6.45, 7) is 7.01. The smallest absolute Gasteiger partial charge is 0.319 e. The molecule has 2 aliphatic rings. The van der Waals surface area contributed by atoms with Crippen molar-refractivity contribution in [3.8, 4) is 0 Å². The summed E-state index contributed by atoms with van der Waals surface area (Å²) in [5.74, 6) is 0.580. The van der Waals surface area contributed by atoms with E-state index in [0.29, 0.717) is 30.8 Å². The molecule has 0 unspecified atom stereocenters. The monoisotopic (exact) mass is 614 g/mol. The number of hydrogen-bond acceptors (Lipinski definition) is 6. The molecule has 0 bridgehead atoms. The zero-order valence-corrected chi connectivity index (χ0v) is 26.9. The van der Waals surface area contributed by atoms with E-state index in [0.717, 1.165) is 48.3 Å². The van der Waals surface area contributed by atoms with Gasteiger partial charge in [0.1, 0.15) is 0 Å². The van der Waals surface area contributed by atoms with Crippen LogP contribution >= 0.6 is 0 Å². The number of nitrogens with zero attached hydrogens (tertiary/aromatic N) is 3. The molecule has 0 saturated heterocycles. The van der Waals surface area contributed by atoms with Gasteiger partial charge in [0.15, 0.2) is 5.82 Å².